The molecule has 1 amide bonds. The van der Waals surface area contributed by atoms with Gasteiger partial charge in [0.05, 0.1) is 24.1 Å². The van der Waals surface area contributed by atoms with Crippen molar-refractivity contribution in [2.24, 2.45) is 5.41 Å². The minimum Gasteiger partial charge on any atom is -0.347 e. The molecule has 2 aromatic rings. The largest absolute Gasteiger partial charge is 0.347 e. The predicted molar refractivity (Wildman–Crippen MR) is 97.4 cm³/mol. The lowest BCUT2D eigenvalue weighted by molar-refractivity contribution is -0.138. The van der Waals surface area contributed by atoms with Crippen molar-refractivity contribution in [2.45, 2.75) is 39.2 Å². The van der Waals surface area contributed by atoms with Gasteiger partial charge in [0.15, 0.2) is 5.13 Å². The second kappa shape index (κ2) is 6.71. The second-order valence-corrected chi connectivity index (χ2v) is 8.11. The highest BCUT2D eigenvalue weighted by molar-refractivity contribution is 7.13. The lowest BCUT2D eigenvalue weighted by Gasteiger charge is -2.48. The number of rotatable bonds is 3. The van der Waals surface area contributed by atoms with Crippen molar-refractivity contribution in [1.29, 1.82) is 0 Å². The maximum atomic E-state index is 12.5. The number of likely N-dealkylation sites (tertiary alicyclic amines) is 1. The Morgan fingerprint density at radius 3 is 2.88 bits per heavy atom. The number of nitrogens with zero attached hydrogens (tertiary/aromatic N) is 5. The molecule has 2 aromatic heterocycles. The molecule has 2 aliphatic heterocycles. The van der Waals surface area contributed by atoms with Gasteiger partial charge in [0.1, 0.15) is 0 Å². The molecule has 0 aromatic carbocycles. The molecule has 1 atom stereocenters. The Labute approximate surface area is 151 Å². The fraction of sp³-hybridized carbons (Fsp3) is 0.556. The highest BCUT2D eigenvalue weighted by Crippen LogP contribution is 2.40. The van der Waals surface area contributed by atoms with Gasteiger partial charge in [-0.25, -0.2) is 4.98 Å². The molecule has 1 unspecified atom stereocenters. The standard InChI is InChI=1S/C18H23N5OS/c1-14-9-21-15(10-20-14)11-23-13-18(5-3-16(23)24)4-2-7-22(12-18)17-19-6-8-25-17/h6,8-10H,2-5,7,11-13H2,1H3. The molecule has 0 bridgehead atoms. The fourth-order valence-electron chi connectivity index (χ4n) is 4.02. The number of aromatic nitrogens is 3. The van der Waals surface area contributed by atoms with Gasteiger partial charge >= 0.3 is 0 Å². The van der Waals surface area contributed by atoms with E-state index in [-0.39, 0.29) is 11.3 Å². The lowest BCUT2D eigenvalue weighted by Crippen LogP contribution is -2.53. The molecule has 2 fully saturated rings. The van der Waals surface area contributed by atoms with Crippen LogP contribution in [-0.4, -0.2) is 45.4 Å². The predicted octanol–water partition coefficient (Wildman–Crippen LogP) is 2.65. The van der Waals surface area contributed by atoms with Crippen LogP contribution in [-0.2, 0) is 11.3 Å². The van der Waals surface area contributed by atoms with Crippen molar-refractivity contribution >= 4 is 22.4 Å². The summed E-state index contributed by atoms with van der Waals surface area (Å²) in [5, 5.41) is 3.13. The topological polar surface area (TPSA) is 62.2 Å². The first-order valence-electron chi connectivity index (χ1n) is 8.83. The molecule has 0 radical (unpaired) electrons. The summed E-state index contributed by atoms with van der Waals surface area (Å²) in [6.45, 7) is 5.35. The third kappa shape index (κ3) is 3.51. The zero-order valence-electron chi connectivity index (χ0n) is 14.5. The molecule has 6 nitrogen and oxygen atoms in total. The Bertz CT molecular complexity index is 732. The van der Waals surface area contributed by atoms with Gasteiger partial charge in [0.2, 0.25) is 5.91 Å². The zero-order valence-corrected chi connectivity index (χ0v) is 15.3. The monoisotopic (exact) mass is 357 g/mol. The van der Waals surface area contributed by atoms with E-state index in [4.69, 9.17) is 0 Å². The molecular weight excluding hydrogens is 334 g/mol. The van der Waals surface area contributed by atoms with Crippen LogP contribution in [0.5, 0.6) is 0 Å². The van der Waals surface area contributed by atoms with Gasteiger partial charge in [-0.3, -0.25) is 14.8 Å². The van der Waals surface area contributed by atoms with Crippen molar-refractivity contribution in [1.82, 2.24) is 19.9 Å². The van der Waals surface area contributed by atoms with E-state index in [1.54, 1.807) is 23.7 Å². The van der Waals surface area contributed by atoms with E-state index in [9.17, 15) is 4.79 Å². The summed E-state index contributed by atoms with van der Waals surface area (Å²) >= 11 is 1.70. The molecule has 0 aliphatic carbocycles. The van der Waals surface area contributed by atoms with Gasteiger partial charge in [-0.1, -0.05) is 0 Å². The van der Waals surface area contributed by atoms with E-state index in [0.29, 0.717) is 13.0 Å². The van der Waals surface area contributed by atoms with Crippen LogP contribution in [0.1, 0.15) is 37.1 Å². The second-order valence-electron chi connectivity index (χ2n) is 7.24. The molecule has 1 spiro atoms. The summed E-state index contributed by atoms with van der Waals surface area (Å²) < 4.78 is 0. The molecule has 132 valence electrons. The molecule has 0 saturated carbocycles. The first kappa shape index (κ1) is 16.4. The minimum atomic E-state index is 0.177. The number of hydrogen-bond donors (Lipinski definition) is 0. The van der Waals surface area contributed by atoms with E-state index >= 15 is 0 Å². The maximum Gasteiger partial charge on any atom is 0.222 e. The SMILES string of the molecule is Cc1cnc(CN2CC3(CCCN(c4nccs4)C3)CCC2=O)cn1. The summed E-state index contributed by atoms with van der Waals surface area (Å²) in [7, 11) is 0. The van der Waals surface area contributed by atoms with Crippen LogP contribution < -0.4 is 4.90 Å². The number of carbonyl (C=O) groups is 1. The number of hydrogen-bond acceptors (Lipinski definition) is 6. The van der Waals surface area contributed by atoms with Gasteiger partial charge in [0.25, 0.3) is 0 Å². The molecular formula is C18H23N5OS. The number of carbonyl (C=O) groups excluding carboxylic acids is 1. The first-order valence-corrected chi connectivity index (χ1v) is 9.71. The molecule has 0 N–H and O–H groups in total. The highest BCUT2D eigenvalue weighted by atomic mass is 32.1. The van der Waals surface area contributed by atoms with Crippen molar-refractivity contribution in [3.8, 4) is 0 Å². The number of amides is 1. The van der Waals surface area contributed by atoms with Gasteiger partial charge in [-0.15, -0.1) is 11.3 Å². The number of piperidine rings is 2. The Kier molecular flexibility index (Phi) is 4.41. The third-order valence-electron chi connectivity index (χ3n) is 5.29. The summed E-state index contributed by atoms with van der Waals surface area (Å²) in [5.41, 5.74) is 1.94. The fourth-order valence-corrected chi connectivity index (χ4v) is 4.69. The van der Waals surface area contributed by atoms with Crippen LogP contribution in [0.25, 0.3) is 0 Å². The third-order valence-corrected chi connectivity index (χ3v) is 6.12. The molecule has 7 heteroatoms. The average Bonchev–Trinajstić information content (AvgIpc) is 3.15. The molecule has 2 aliphatic rings. The Morgan fingerprint density at radius 1 is 1.20 bits per heavy atom. The molecule has 4 heterocycles. The molecule has 25 heavy (non-hydrogen) atoms. The van der Waals surface area contributed by atoms with Crippen LogP contribution in [0.3, 0.4) is 0 Å². The van der Waals surface area contributed by atoms with Crippen molar-refractivity contribution in [3.63, 3.8) is 0 Å². The summed E-state index contributed by atoms with van der Waals surface area (Å²) in [6.07, 6.45) is 9.37. The average molecular weight is 357 g/mol. The van der Waals surface area contributed by atoms with E-state index in [2.05, 4.69) is 19.9 Å². The minimum absolute atomic E-state index is 0.177. The lowest BCUT2D eigenvalue weighted by atomic mass is 9.73. The van der Waals surface area contributed by atoms with E-state index in [1.807, 2.05) is 23.4 Å². The van der Waals surface area contributed by atoms with Crippen molar-refractivity contribution in [2.75, 3.05) is 24.5 Å². The van der Waals surface area contributed by atoms with E-state index < -0.39 is 0 Å². The molecule has 4 rings (SSSR count). The highest BCUT2D eigenvalue weighted by Gasteiger charge is 2.42. The van der Waals surface area contributed by atoms with E-state index in [1.165, 1.54) is 6.42 Å². The van der Waals surface area contributed by atoms with Crippen molar-refractivity contribution < 1.29 is 4.79 Å². The smallest absolute Gasteiger partial charge is 0.222 e. The van der Waals surface area contributed by atoms with Gasteiger partial charge < -0.3 is 9.80 Å². The van der Waals surface area contributed by atoms with Crippen LogP contribution in [0.15, 0.2) is 24.0 Å². The Hall–Kier alpha value is -2.02. The van der Waals surface area contributed by atoms with Gasteiger partial charge in [0, 0.05) is 49.2 Å². The Morgan fingerprint density at radius 2 is 2.12 bits per heavy atom. The molecule has 2 saturated heterocycles. The van der Waals surface area contributed by atoms with Gasteiger partial charge in [-0.2, -0.15) is 0 Å². The number of thiazole rings is 1. The van der Waals surface area contributed by atoms with Crippen LogP contribution in [0.2, 0.25) is 0 Å². The van der Waals surface area contributed by atoms with Crippen LogP contribution >= 0.6 is 11.3 Å². The van der Waals surface area contributed by atoms with Crippen LogP contribution in [0, 0.1) is 12.3 Å². The summed E-state index contributed by atoms with van der Waals surface area (Å²) in [4.78, 5) is 30.0. The summed E-state index contributed by atoms with van der Waals surface area (Å²) in [5.74, 6) is 0.236. The first-order chi connectivity index (χ1) is 12.1. The Balaban J connectivity index is 1.49. The van der Waals surface area contributed by atoms with Gasteiger partial charge in [-0.05, 0) is 26.2 Å². The quantitative estimate of drug-likeness (QED) is 0.845. The normalized spacial score (nSPS) is 24.1. The summed E-state index contributed by atoms with van der Waals surface area (Å²) in [6, 6.07) is 0. The van der Waals surface area contributed by atoms with E-state index in [0.717, 1.165) is 49.0 Å². The number of aryl methyl sites for hydroxylation is 1. The maximum absolute atomic E-state index is 12.5. The van der Waals surface area contributed by atoms with Crippen LogP contribution in [0.4, 0.5) is 5.13 Å². The number of anilines is 1. The zero-order chi connectivity index (χ0) is 17.3. The van der Waals surface area contributed by atoms with Crippen molar-refractivity contribution in [3.05, 3.63) is 35.4 Å².